The van der Waals surface area contributed by atoms with Crippen LogP contribution < -0.4 is 10.9 Å². The SMILES string of the molecule is O=C(NNc1ccccc1)c1c2ccccc2cc2ccccc12. The van der Waals surface area contributed by atoms with Crippen molar-refractivity contribution in [2.45, 2.75) is 0 Å². The standard InChI is InChI=1S/C21H16N2O/c24-21(23-22-17-10-2-1-3-11-17)20-18-12-6-4-8-15(18)14-16-9-5-7-13-19(16)20/h1-14,22H,(H,23,24). The summed E-state index contributed by atoms with van der Waals surface area (Å²) in [6.07, 6.45) is 0. The van der Waals surface area contributed by atoms with Gasteiger partial charge in [0.1, 0.15) is 0 Å². The molecule has 4 aromatic carbocycles. The monoisotopic (exact) mass is 312 g/mol. The maximum atomic E-state index is 12.9. The smallest absolute Gasteiger partial charge is 0.270 e. The first-order valence-electron chi connectivity index (χ1n) is 7.85. The minimum Gasteiger partial charge on any atom is -0.298 e. The van der Waals surface area contributed by atoms with Crippen molar-refractivity contribution in [2.75, 3.05) is 5.43 Å². The topological polar surface area (TPSA) is 41.1 Å². The van der Waals surface area contributed by atoms with Crippen LogP contribution in [0, 0.1) is 0 Å². The van der Waals surface area contributed by atoms with Crippen molar-refractivity contribution < 1.29 is 4.79 Å². The largest absolute Gasteiger partial charge is 0.298 e. The van der Waals surface area contributed by atoms with Gasteiger partial charge in [-0.2, -0.15) is 0 Å². The lowest BCUT2D eigenvalue weighted by atomic mass is 9.96. The predicted octanol–water partition coefficient (Wildman–Crippen LogP) is 4.75. The fraction of sp³-hybridized carbons (Fsp3) is 0. The molecule has 0 spiro atoms. The zero-order valence-electron chi connectivity index (χ0n) is 13.0. The Labute approximate surface area is 139 Å². The van der Waals surface area contributed by atoms with Crippen LogP contribution in [0.2, 0.25) is 0 Å². The highest BCUT2D eigenvalue weighted by Crippen LogP contribution is 2.28. The number of amides is 1. The molecule has 2 N–H and O–H groups in total. The van der Waals surface area contributed by atoms with E-state index in [1.165, 1.54) is 0 Å². The van der Waals surface area contributed by atoms with Gasteiger partial charge in [-0.3, -0.25) is 15.6 Å². The van der Waals surface area contributed by atoms with Crippen molar-refractivity contribution >= 4 is 33.1 Å². The molecule has 0 bridgehead atoms. The van der Waals surface area contributed by atoms with E-state index in [2.05, 4.69) is 16.9 Å². The third-order valence-corrected chi connectivity index (χ3v) is 4.09. The van der Waals surface area contributed by atoms with E-state index in [0.717, 1.165) is 27.2 Å². The van der Waals surface area contributed by atoms with Crippen molar-refractivity contribution in [3.63, 3.8) is 0 Å². The fourth-order valence-electron chi connectivity index (χ4n) is 2.97. The molecule has 0 fully saturated rings. The molecule has 0 unspecified atom stereocenters. The first kappa shape index (κ1) is 14.3. The maximum Gasteiger partial charge on any atom is 0.270 e. The molecule has 0 aliphatic rings. The molecule has 0 aliphatic heterocycles. The summed E-state index contributed by atoms with van der Waals surface area (Å²) in [5.74, 6) is -0.146. The van der Waals surface area contributed by atoms with Crippen molar-refractivity contribution in [2.24, 2.45) is 0 Å². The van der Waals surface area contributed by atoms with Gasteiger partial charge >= 0.3 is 0 Å². The van der Waals surface area contributed by atoms with Crippen molar-refractivity contribution in [1.82, 2.24) is 5.43 Å². The summed E-state index contributed by atoms with van der Waals surface area (Å²) in [6.45, 7) is 0. The molecule has 0 saturated heterocycles. The van der Waals surface area contributed by atoms with Crippen LogP contribution in [-0.2, 0) is 0 Å². The fourth-order valence-corrected chi connectivity index (χ4v) is 2.97. The molecule has 0 saturated carbocycles. The zero-order chi connectivity index (χ0) is 16.4. The highest BCUT2D eigenvalue weighted by atomic mass is 16.2. The summed E-state index contributed by atoms with van der Waals surface area (Å²) in [5, 5.41) is 4.01. The van der Waals surface area contributed by atoms with E-state index in [1.54, 1.807) is 0 Å². The number of carbonyl (C=O) groups excluding carboxylic acids is 1. The molecule has 4 rings (SSSR count). The van der Waals surface area contributed by atoms with Crippen LogP contribution in [0.15, 0.2) is 84.9 Å². The van der Waals surface area contributed by atoms with Gasteiger partial charge in [0.25, 0.3) is 5.91 Å². The number of hydrazine groups is 1. The molecule has 0 radical (unpaired) electrons. The number of nitrogens with one attached hydrogen (secondary N) is 2. The summed E-state index contributed by atoms with van der Waals surface area (Å²) >= 11 is 0. The molecule has 3 heteroatoms. The Morgan fingerprint density at radius 1 is 0.667 bits per heavy atom. The summed E-state index contributed by atoms with van der Waals surface area (Å²) in [7, 11) is 0. The van der Waals surface area contributed by atoms with Crippen LogP contribution in [0.5, 0.6) is 0 Å². The third-order valence-electron chi connectivity index (χ3n) is 4.09. The molecule has 116 valence electrons. The Hall–Kier alpha value is -3.33. The first-order chi connectivity index (χ1) is 11.8. The van der Waals surface area contributed by atoms with E-state index in [-0.39, 0.29) is 5.91 Å². The molecule has 0 aliphatic carbocycles. The van der Waals surface area contributed by atoms with Gasteiger partial charge in [0.15, 0.2) is 0 Å². The Morgan fingerprint density at radius 3 is 1.83 bits per heavy atom. The molecular formula is C21H16N2O. The second-order valence-corrected chi connectivity index (χ2v) is 5.64. The summed E-state index contributed by atoms with van der Waals surface area (Å²) in [6, 6.07) is 27.6. The normalized spacial score (nSPS) is 10.7. The van der Waals surface area contributed by atoms with Gasteiger partial charge in [0, 0.05) is 0 Å². The lowest BCUT2D eigenvalue weighted by Gasteiger charge is -2.13. The third kappa shape index (κ3) is 2.57. The molecule has 3 nitrogen and oxygen atoms in total. The van der Waals surface area contributed by atoms with Gasteiger partial charge in [-0.25, -0.2) is 0 Å². The van der Waals surface area contributed by atoms with Gasteiger partial charge in [-0.1, -0.05) is 66.7 Å². The van der Waals surface area contributed by atoms with E-state index < -0.39 is 0 Å². The lowest BCUT2D eigenvalue weighted by molar-refractivity contribution is 0.0966. The minimum atomic E-state index is -0.146. The van der Waals surface area contributed by atoms with E-state index in [0.29, 0.717) is 5.56 Å². The lowest BCUT2D eigenvalue weighted by Crippen LogP contribution is -2.29. The minimum absolute atomic E-state index is 0.146. The van der Waals surface area contributed by atoms with Crippen molar-refractivity contribution in [1.29, 1.82) is 0 Å². The number of anilines is 1. The molecule has 4 aromatic rings. The van der Waals surface area contributed by atoms with Gasteiger partial charge < -0.3 is 0 Å². The van der Waals surface area contributed by atoms with E-state index >= 15 is 0 Å². The van der Waals surface area contributed by atoms with Crippen LogP contribution in [0.4, 0.5) is 5.69 Å². The average Bonchev–Trinajstić information content (AvgIpc) is 2.65. The predicted molar refractivity (Wildman–Crippen MR) is 99.0 cm³/mol. The number of para-hydroxylation sites is 1. The van der Waals surface area contributed by atoms with Gasteiger partial charge in [0.05, 0.1) is 11.3 Å². The summed E-state index contributed by atoms with van der Waals surface area (Å²) < 4.78 is 0. The second kappa shape index (κ2) is 6.05. The highest BCUT2D eigenvalue weighted by molar-refractivity contribution is 6.18. The van der Waals surface area contributed by atoms with E-state index in [1.807, 2.05) is 78.9 Å². The van der Waals surface area contributed by atoms with Gasteiger partial charge in [-0.05, 0) is 39.7 Å². The molecule has 0 heterocycles. The van der Waals surface area contributed by atoms with Crippen LogP contribution in [0.25, 0.3) is 21.5 Å². The van der Waals surface area contributed by atoms with Gasteiger partial charge in [-0.15, -0.1) is 0 Å². The van der Waals surface area contributed by atoms with E-state index in [9.17, 15) is 4.79 Å². The first-order valence-corrected chi connectivity index (χ1v) is 7.85. The number of benzene rings is 4. The van der Waals surface area contributed by atoms with Crippen LogP contribution in [0.1, 0.15) is 10.4 Å². The Bertz CT molecular complexity index is 972. The quantitative estimate of drug-likeness (QED) is 0.423. The molecular weight excluding hydrogens is 296 g/mol. The Kier molecular flexibility index (Phi) is 3.60. The zero-order valence-corrected chi connectivity index (χ0v) is 13.0. The number of hydrogen-bond donors (Lipinski definition) is 2. The summed E-state index contributed by atoms with van der Waals surface area (Å²) in [4.78, 5) is 12.9. The van der Waals surface area contributed by atoms with Crippen LogP contribution >= 0.6 is 0 Å². The molecule has 0 atom stereocenters. The second-order valence-electron chi connectivity index (χ2n) is 5.64. The Morgan fingerprint density at radius 2 is 1.21 bits per heavy atom. The Balaban J connectivity index is 1.79. The summed E-state index contributed by atoms with van der Waals surface area (Å²) in [5.41, 5.74) is 7.31. The number of fused-ring (bicyclic) bond motifs is 2. The number of rotatable bonds is 3. The van der Waals surface area contributed by atoms with E-state index in [4.69, 9.17) is 0 Å². The molecule has 1 amide bonds. The number of carbonyl (C=O) groups is 1. The maximum absolute atomic E-state index is 12.9. The van der Waals surface area contributed by atoms with Gasteiger partial charge in [0.2, 0.25) is 0 Å². The van der Waals surface area contributed by atoms with Crippen LogP contribution in [-0.4, -0.2) is 5.91 Å². The highest BCUT2D eigenvalue weighted by Gasteiger charge is 2.14. The average molecular weight is 312 g/mol. The van der Waals surface area contributed by atoms with Crippen LogP contribution in [0.3, 0.4) is 0 Å². The number of hydrogen-bond acceptors (Lipinski definition) is 2. The molecule has 24 heavy (non-hydrogen) atoms. The van der Waals surface area contributed by atoms with Crippen molar-refractivity contribution in [3.05, 3.63) is 90.5 Å². The van der Waals surface area contributed by atoms with Crippen molar-refractivity contribution in [3.8, 4) is 0 Å². The molecule has 0 aromatic heterocycles.